The van der Waals surface area contributed by atoms with Gasteiger partial charge in [0.05, 0.1) is 6.54 Å². The van der Waals surface area contributed by atoms with Gasteiger partial charge in [0.25, 0.3) is 0 Å². The zero-order chi connectivity index (χ0) is 17.6. The van der Waals surface area contributed by atoms with Crippen molar-refractivity contribution in [3.8, 4) is 0 Å². The van der Waals surface area contributed by atoms with E-state index in [-0.39, 0.29) is 30.9 Å². The molecule has 0 aliphatic carbocycles. The van der Waals surface area contributed by atoms with E-state index in [1.165, 1.54) is 6.07 Å². The third-order valence-corrected chi connectivity index (χ3v) is 4.60. The molecular weight excluding hydrogens is 341 g/mol. The minimum Gasteiger partial charge on any atom is -0.351 e. The fourth-order valence-corrected chi connectivity index (χ4v) is 3.25. The quantitative estimate of drug-likeness (QED) is 0.860. The van der Waals surface area contributed by atoms with E-state index in [9.17, 15) is 9.18 Å². The summed E-state index contributed by atoms with van der Waals surface area (Å²) < 4.78 is 13.6. The summed E-state index contributed by atoms with van der Waals surface area (Å²) in [6, 6.07) is 14.3. The molecule has 1 amide bonds. The van der Waals surface area contributed by atoms with Crippen molar-refractivity contribution in [3.63, 3.8) is 0 Å². The SMILES string of the molecule is O=C(CN1CCNCC1c1cccc(Cl)c1)NCc1ccccc1F. The van der Waals surface area contributed by atoms with Crippen molar-refractivity contribution in [1.29, 1.82) is 0 Å². The average molecular weight is 362 g/mol. The summed E-state index contributed by atoms with van der Waals surface area (Å²) in [4.78, 5) is 14.4. The Kier molecular flexibility index (Phi) is 6.02. The maximum absolute atomic E-state index is 13.6. The summed E-state index contributed by atoms with van der Waals surface area (Å²) in [6.45, 7) is 2.83. The highest BCUT2D eigenvalue weighted by atomic mass is 35.5. The number of nitrogens with zero attached hydrogens (tertiary/aromatic N) is 1. The first-order valence-electron chi connectivity index (χ1n) is 8.34. The Labute approximate surface area is 152 Å². The van der Waals surface area contributed by atoms with Crippen molar-refractivity contribution < 1.29 is 9.18 Å². The lowest BCUT2D eigenvalue weighted by atomic mass is 10.0. The number of hydrogen-bond donors (Lipinski definition) is 2. The van der Waals surface area contributed by atoms with Crippen LogP contribution in [0.3, 0.4) is 0 Å². The zero-order valence-electron chi connectivity index (χ0n) is 13.8. The minimum atomic E-state index is -0.304. The van der Waals surface area contributed by atoms with Crippen molar-refractivity contribution in [2.45, 2.75) is 12.6 Å². The van der Waals surface area contributed by atoms with Crippen LogP contribution >= 0.6 is 11.6 Å². The number of piperazine rings is 1. The lowest BCUT2D eigenvalue weighted by Gasteiger charge is -2.36. The third kappa shape index (κ3) is 4.78. The van der Waals surface area contributed by atoms with Crippen LogP contribution in [0.5, 0.6) is 0 Å². The van der Waals surface area contributed by atoms with Crippen molar-refractivity contribution in [1.82, 2.24) is 15.5 Å². The Balaban J connectivity index is 1.61. The number of halogens is 2. The van der Waals surface area contributed by atoms with E-state index in [1.807, 2.05) is 24.3 Å². The summed E-state index contributed by atoms with van der Waals surface area (Å²) in [6.07, 6.45) is 0. The monoisotopic (exact) mass is 361 g/mol. The Bertz CT molecular complexity index is 740. The van der Waals surface area contributed by atoms with Crippen LogP contribution in [0, 0.1) is 5.82 Å². The van der Waals surface area contributed by atoms with Crippen molar-refractivity contribution >= 4 is 17.5 Å². The van der Waals surface area contributed by atoms with Crippen LogP contribution in [-0.4, -0.2) is 37.0 Å². The van der Waals surface area contributed by atoms with Crippen LogP contribution in [-0.2, 0) is 11.3 Å². The minimum absolute atomic E-state index is 0.0895. The molecule has 1 saturated heterocycles. The highest BCUT2D eigenvalue weighted by Crippen LogP contribution is 2.24. The van der Waals surface area contributed by atoms with Gasteiger partial charge in [0.2, 0.25) is 5.91 Å². The maximum atomic E-state index is 13.6. The van der Waals surface area contributed by atoms with Gasteiger partial charge in [-0.15, -0.1) is 0 Å². The van der Waals surface area contributed by atoms with Gasteiger partial charge in [0, 0.05) is 42.8 Å². The van der Waals surface area contributed by atoms with Gasteiger partial charge in [0.1, 0.15) is 5.82 Å². The van der Waals surface area contributed by atoms with E-state index in [4.69, 9.17) is 11.6 Å². The van der Waals surface area contributed by atoms with E-state index in [0.717, 1.165) is 25.2 Å². The lowest BCUT2D eigenvalue weighted by molar-refractivity contribution is -0.123. The topological polar surface area (TPSA) is 44.4 Å². The molecule has 2 N–H and O–H groups in total. The Hall–Kier alpha value is -1.95. The molecule has 1 aliphatic heterocycles. The molecule has 0 aromatic heterocycles. The normalized spacial score (nSPS) is 18.1. The predicted molar refractivity (Wildman–Crippen MR) is 96.9 cm³/mol. The predicted octanol–water partition coefficient (Wildman–Crippen LogP) is 2.74. The number of amides is 1. The van der Waals surface area contributed by atoms with Gasteiger partial charge < -0.3 is 10.6 Å². The molecule has 1 fully saturated rings. The molecule has 0 saturated carbocycles. The van der Waals surface area contributed by atoms with Crippen LogP contribution in [0.2, 0.25) is 5.02 Å². The molecule has 1 unspecified atom stereocenters. The zero-order valence-corrected chi connectivity index (χ0v) is 14.6. The fourth-order valence-electron chi connectivity index (χ4n) is 3.05. The fraction of sp³-hybridized carbons (Fsp3) is 0.316. The second-order valence-corrected chi connectivity index (χ2v) is 6.55. The summed E-state index contributed by atoms with van der Waals surface area (Å²) in [5.41, 5.74) is 1.57. The molecule has 25 heavy (non-hydrogen) atoms. The first kappa shape index (κ1) is 17.9. The number of hydrogen-bond acceptors (Lipinski definition) is 3. The molecule has 2 aromatic carbocycles. The summed E-state index contributed by atoms with van der Waals surface area (Å²) in [5, 5.41) is 6.85. The smallest absolute Gasteiger partial charge is 0.234 e. The third-order valence-electron chi connectivity index (χ3n) is 4.37. The molecule has 3 rings (SSSR count). The van der Waals surface area contributed by atoms with Crippen LogP contribution in [0.25, 0.3) is 0 Å². The van der Waals surface area contributed by atoms with Gasteiger partial charge in [-0.25, -0.2) is 4.39 Å². The van der Waals surface area contributed by atoms with E-state index in [0.29, 0.717) is 10.6 Å². The summed E-state index contributed by atoms with van der Waals surface area (Å²) in [5.74, 6) is -0.418. The van der Waals surface area contributed by atoms with Crippen LogP contribution in [0.4, 0.5) is 4.39 Å². The number of rotatable bonds is 5. The van der Waals surface area contributed by atoms with Gasteiger partial charge in [-0.3, -0.25) is 9.69 Å². The molecule has 1 aliphatic rings. The van der Waals surface area contributed by atoms with E-state index in [1.54, 1.807) is 18.2 Å². The van der Waals surface area contributed by atoms with E-state index in [2.05, 4.69) is 15.5 Å². The molecule has 6 heteroatoms. The lowest BCUT2D eigenvalue weighted by Crippen LogP contribution is -2.49. The first-order chi connectivity index (χ1) is 12.1. The summed E-state index contributed by atoms with van der Waals surface area (Å²) >= 11 is 6.10. The van der Waals surface area contributed by atoms with Gasteiger partial charge in [-0.1, -0.05) is 41.9 Å². The second kappa shape index (κ2) is 8.43. The largest absolute Gasteiger partial charge is 0.351 e. The Morgan fingerprint density at radius 2 is 2.12 bits per heavy atom. The number of nitrogens with one attached hydrogen (secondary N) is 2. The highest BCUT2D eigenvalue weighted by Gasteiger charge is 2.25. The van der Waals surface area contributed by atoms with Crippen molar-refractivity contribution in [2.24, 2.45) is 0 Å². The molecule has 0 bridgehead atoms. The van der Waals surface area contributed by atoms with Gasteiger partial charge in [-0.05, 0) is 23.8 Å². The Morgan fingerprint density at radius 3 is 2.92 bits per heavy atom. The number of benzene rings is 2. The Morgan fingerprint density at radius 1 is 1.28 bits per heavy atom. The van der Waals surface area contributed by atoms with E-state index < -0.39 is 0 Å². The van der Waals surface area contributed by atoms with Gasteiger partial charge in [-0.2, -0.15) is 0 Å². The standard InChI is InChI=1S/C19H21ClFN3O/c20-16-6-3-5-14(10-16)18-12-22-8-9-24(18)13-19(25)23-11-15-4-1-2-7-17(15)21/h1-7,10,18,22H,8-9,11-13H2,(H,23,25). The maximum Gasteiger partial charge on any atom is 0.234 e. The van der Waals surface area contributed by atoms with Crippen molar-refractivity contribution in [3.05, 3.63) is 70.5 Å². The number of carbonyl (C=O) groups excluding carboxylic acids is 1. The molecular formula is C19H21ClFN3O. The molecule has 1 atom stereocenters. The van der Waals surface area contributed by atoms with Gasteiger partial charge in [0.15, 0.2) is 0 Å². The summed E-state index contributed by atoms with van der Waals surface area (Å²) in [7, 11) is 0. The second-order valence-electron chi connectivity index (χ2n) is 6.11. The van der Waals surface area contributed by atoms with Crippen LogP contribution in [0.15, 0.2) is 48.5 Å². The molecule has 4 nitrogen and oxygen atoms in total. The first-order valence-corrected chi connectivity index (χ1v) is 8.71. The molecule has 1 heterocycles. The molecule has 132 valence electrons. The highest BCUT2D eigenvalue weighted by molar-refractivity contribution is 6.30. The molecule has 2 aromatic rings. The van der Waals surface area contributed by atoms with Crippen LogP contribution in [0.1, 0.15) is 17.2 Å². The molecule has 0 radical (unpaired) electrons. The van der Waals surface area contributed by atoms with Crippen LogP contribution < -0.4 is 10.6 Å². The van der Waals surface area contributed by atoms with Gasteiger partial charge >= 0.3 is 0 Å². The average Bonchev–Trinajstić information content (AvgIpc) is 2.61. The molecule has 0 spiro atoms. The number of carbonyl (C=O) groups is 1. The van der Waals surface area contributed by atoms with Crippen molar-refractivity contribution in [2.75, 3.05) is 26.2 Å². The van der Waals surface area contributed by atoms with E-state index >= 15 is 0 Å².